The van der Waals surface area contributed by atoms with E-state index in [-0.39, 0.29) is 6.04 Å². The van der Waals surface area contributed by atoms with Gasteiger partial charge in [0.2, 0.25) is 5.91 Å². The Kier molecular flexibility index (Phi) is 4.06. The lowest BCUT2D eigenvalue weighted by Crippen LogP contribution is -2.50. The Hall–Kier alpha value is -1.35. The number of nitrogens with zero attached hydrogens (tertiary/aromatic N) is 1. The van der Waals surface area contributed by atoms with E-state index in [0.29, 0.717) is 11.9 Å². The predicted molar refractivity (Wildman–Crippen MR) is 80.4 cm³/mol. The van der Waals surface area contributed by atoms with Crippen molar-refractivity contribution in [2.45, 2.75) is 57.7 Å². The number of benzene rings is 1. The fourth-order valence-corrected chi connectivity index (χ4v) is 3.02. The molecule has 1 aromatic carbocycles. The van der Waals surface area contributed by atoms with Crippen LogP contribution in [0.5, 0.6) is 0 Å². The average molecular weight is 272 g/mol. The van der Waals surface area contributed by atoms with Crippen LogP contribution >= 0.6 is 0 Å². The molecule has 0 saturated heterocycles. The van der Waals surface area contributed by atoms with Crippen LogP contribution in [0.1, 0.15) is 43.7 Å². The predicted octanol–water partition coefficient (Wildman–Crippen LogP) is 2.49. The number of fused-ring (bicyclic) bond motifs is 1. The molecule has 0 spiro atoms. The minimum Gasteiger partial charge on any atom is -0.338 e. The molecule has 1 atom stereocenters. The second-order valence-electron chi connectivity index (χ2n) is 6.02. The van der Waals surface area contributed by atoms with Crippen LogP contribution in [0, 0.1) is 0 Å². The summed E-state index contributed by atoms with van der Waals surface area (Å²) in [6, 6.07) is 8.94. The van der Waals surface area contributed by atoms with E-state index in [9.17, 15) is 4.79 Å². The number of rotatable bonds is 5. The summed E-state index contributed by atoms with van der Waals surface area (Å²) >= 11 is 0. The van der Waals surface area contributed by atoms with E-state index in [1.807, 2.05) is 0 Å². The standard InChI is InChI=1S/C17H24N2O/c1-2-3-10-19(15-8-9-15)17(20)16-11-13-6-4-5-7-14(13)12-18-16/h4-7,15-16,18H,2-3,8-12H2,1H3. The molecule has 1 aromatic rings. The summed E-state index contributed by atoms with van der Waals surface area (Å²) in [7, 11) is 0. The maximum atomic E-state index is 12.8. The minimum atomic E-state index is -0.0256. The van der Waals surface area contributed by atoms with Crippen LogP contribution < -0.4 is 5.32 Å². The molecule has 1 unspecified atom stereocenters. The zero-order valence-corrected chi connectivity index (χ0v) is 12.3. The summed E-state index contributed by atoms with van der Waals surface area (Å²) in [5, 5.41) is 3.42. The van der Waals surface area contributed by atoms with Gasteiger partial charge in [-0.2, -0.15) is 0 Å². The van der Waals surface area contributed by atoms with Crippen LogP contribution in [0.4, 0.5) is 0 Å². The Bertz CT molecular complexity index is 482. The average Bonchev–Trinajstić information content (AvgIpc) is 3.32. The lowest BCUT2D eigenvalue weighted by molar-refractivity contribution is -0.134. The first-order valence-corrected chi connectivity index (χ1v) is 7.90. The maximum absolute atomic E-state index is 12.8. The molecule has 3 nitrogen and oxygen atoms in total. The fourth-order valence-electron chi connectivity index (χ4n) is 3.02. The number of nitrogens with one attached hydrogen (secondary N) is 1. The van der Waals surface area contributed by atoms with Crippen molar-refractivity contribution >= 4 is 5.91 Å². The summed E-state index contributed by atoms with van der Waals surface area (Å²) in [4.78, 5) is 14.9. The smallest absolute Gasteiger partial charge is 0.240 e. The summed E-state index contributed by atoms with van der Waals surface area (Å²) in [6.45, 7) is 3.93. The quantitative estimate of drug-likeness (QED) is 0.893. The largest absolute Gasteiger partial charge is 0.338 e. The van der Waals surface area contributed by atoms with Crippen molar-refractivity contribution in [3.05, 3.63) is 35.4 Å². The number of carbonyl (C=O) groups excluding carboxylic acids is 1. The van der Waals surface area contributed by atoms with Crippen LogP contribution in [-0.4, -0.2) is 29.4 Å². The molecule has 2 aliphatic rings. The molecule has 1 amide bonds. The van der Waals surface area contributed by atoms with Crippen molar-refractivity contribution in [3.63, 3.8) is 0 Å². The van der Waals surface area contributed by atoms with Crippen LogP contribution in [0.3, 0.4) is 0 Å². The second kappa shape index (κ2) is 5.96. The Labute approximate surface area is 121 Å². The van der Waals surface area contributed by atoms with Crippen molar-refractivity contribution in [2.24, 2.45) is 0 Å². The molecule has 1 heterocycles. The van der Waals surface area contributed by atoms with Gasteiger partial charge in [0, 0.05) is 19.1 Å². The van der Waals surface area contributed by atoms with Gasteiger partial charge in [-0.1, -0.05) is 37.6 Å². The summed E-state index contributed by atoms with van der Waals surface area (Å²) in [5.41, 5.74) is 2.67. The topological polar surface area (TPSA) is 32.3 Å². The molecule has 20 heavy (non-hydrogen) atoms. The first-order valence-electron chi connectivity index (χ1n) is 7.90. The molecule has 3 heteroatoms. The summed E-state index contributed by atoms with van der Waals surface area (Å²) in [5.74, 6) is 0.315. The summed E-state index contributed by atoms with van der Waals surface area (Å²) in [6.07, 6.45) is 5.49. The number of hydrogen-bond acceptors (Lipinski definition) is 2. The van der Waals surface area contributed by atoms with Crippen molar-refractivity contribution in [2.75, 3.05) is 6.54 Å². The number of unbranched alkanes of at least 4 members (excludes halogenated alkanes) is 1. The van der Waals surface area contributed by atoms with Crippen LogP contribution in [0.15, 0.2) is 24.3 Å². The lowest BCUT2D eigenvalue weighted by atomic mass is 9.95. The molecule has 0 aromatic heterocycles. The van der Waals surface area contributed by atoms with Crippen molar-refractivity contribution in [1.82, 2.24) is 10.2 Å². The monoisotopic (exact) mass is 272 g/mol. The molecule has 1 N–H and O–H groups in total. The van der Waals surface area contributed by atoms with Gasteiger partial charge in [-0.05, 0) is 36.8 Å². The third-order valence-electron chi connectivity index (χ3n) is 4.40. The summed E-state index contributed by atoms with van der Waals surface area (Å²) < 4.78 is 0. The molecule has 1 aliphatic carbocycles. The van der Waals surface area contributed by atoms with Gasteiger partial charge < -0.3 is 10.2 Å². The number of amides is 1. The number of hydrogen-bond donors (Lipinski definition) is 1. The molecule has 1 saturated carbocycles. The molecule has 3 rings (SSSR count). The van der Waals surface area contributed by atoms with E-state index in [4.69, 9.17) is 0 Å². The minimum absolute atomic E-state index is 0.0256. The Morgan fingerprint density at radius 1 is 1.30 bits per heavy atom. The Morgan fingerprint density at radius 3 is 2.75 bits per heavy atom. The lowest BCUT2D eigenvalue weighted by Gasteiger charge is -2.31. The van der Waals surface area contributed by atoms with Crippen LogP contribution in [-0.2, 0) is 17.8 Å². The third-order valence-corrected chi connectivity index (χ3v) is 4.40. The van der Waals surface area contributed by atoms with Crippen molar-refractivity contribution in [1.29, 1.82) is 0 Å². The highest BCUT2D eigenvalue weighted by Crippen LogP contribution is 2.28. The number of carbonyl (C=O) groups is 1. The first kappa shape index (κ1) is 13.6. The second-order valence-corrected chi connectivity index (χ2v) is 6.02. The van der Waals surface area contributed by atoms with E-state index in [0.717, 1.165) is 32.4 Å². The van der Waals surface area contributed by atoms with Crippen molar-refractivity contribution < 1.29 is 4.79 Å². The van der Waals surface area contributed by atoms with Gasteiger partial charge in [-0.3, -0.25) is 4.79 Å². The zero-order valence-electron chi connectivity index (χ0n) is 12.3. The van der Waals surface area contributed by atoms with Gasteiger partial charge in [-0.25, -0.2) is 0 Å². The normalized spacial score (nSPS) is 21.4. The fraction of sp³-hybridized carbons (Fsp3) is 0.588. The van der Waals surface area contributed by atoms with Gasteiger partial charge in [0.1, 0.15) is 0 Å². The highest BCUT2D eigenvalue weighted by molar-refractivity contribution is 5.83. The van der Waals surface area contributed by atoms with E-state index in [1.54, 1.807) is 0 Å². The van der Waals surface area contributed by atoms with E-state index < -0.39 is 0 Å². The van der Waals surface area contributed by atoms with Gasteiger partial charge in [-0.15, -0.1) is 0 Å². The van der Waals surface area contributed by atoms with E-state index in [2.05, 4.69) is 41.4 Å². The van der Waals surface area contributed by atoms with Gasteiger partial charge >= 0.3 is 0 Å². The van der Waals surface area contributed by atoms with E-state index >= 15 is 0 Å². The zero-order chi connectivity index (χ0) is 13.9. The van der Waals surface area contributed by atoms with Crippen molar-refractivity contribution in [3.8, 4) is 0 Å². The van der Waals surface area contributed by atoms with Crippen LogP contribution in [0.2, 0.25) is 0 Å². The molecule has 108 valence electrons. The molecular formula is C17H24N2O. The highest BCUT2D eigenvalue weighted by Gasteiger charge is 2.36. The third kappa shape index (κ3) is 2.88. The van der Waals surface area contributed by atoms with Gasteiger partial charge in [0.05, 0.1) is 6.04 Å². The maximum Gasteiger partial charge on any atom is 0.240 e. The van der Waals surface area contributed by atoms with Gasteiger partial charge in [0.15, 0.2) is 0 Å². The first-order chi connectivity index (χ1) is 9.79. The molecule has 0 bridgehead atoms. The molecule has 1 aliphatic heterocycles. The van der Waals surface area contributed by atoms with Crippen LogP contribution in [0.25, 0.3) is 0 Å². The highest BCUT2D eigenvalue weighted by atomic mass is 16.2. The molecular weight excluding hydrogens is 248 g/mol. The SMILES string of the molecule is CCCCN(C(=O)C1Cc2ccccc2CN1)C1CC1. The Morgan fingerprint density at radius 2 is 2.05 bits per heavy atom. The van der Waals surface area contributed by atoms with E-state index in [1.165, 1.54) is 24.0 Å². The Balaban J connectivity index is 1.68. The molecule has 1 fully saturated rings. The van der Waals surface area contributed by atoms with Gasteiger partial charge in [0.25, 0.3) is 0 Å². The molecule has 0 radical (unpaired) electrons.